The Bertz CT molecular complexity index is 568. The highest BCUT2D eigenvalue weighted by Crippen LogP contribution is 2.28. The van der Waals surface area contributed by atoms with Gasteiger partial charge in [-0.25, -0.2) is 13.6 Å². The fourth-order valence-electron chi connectivity index (χ4n) is 2.41. The molecule has 0 spiro atoms. The second-order valence-corrected chi connectivity index (χ2v) is 5.33. The molecule has 0 radical (unpaired) electrons. The summed E-state index contributed by atoms with van der Waals surface area (Å²) >= 11 is 0. The van der Waals surface area contributed by atoms with Crippen LogP contribution < -0.4 is 0 Å². The van der Waals surface area contributed by atoms with Crippen LogP contribution in [-0.4, -0.2) is 17.0 Å². The Balaban J connectivity index is 2.18. The summed E-state index contributed by atoms with van der Waals surface area (Å²) in [6.07, 6.45) is 2.81. The van der Waals surface area contributed by atoms with Crippen LogP contribution in [0.5, 0.6) is 0 Å². The average molecular weight is 299 g/mol. The van der Waals surface area contributed by atoms with E-state index in [1.54, 1.807) is 0 Å². The molecule has 0 saturated heterocycles. The zero-order chi connectivity index (χ0) is 15.6. The third-order valence-electron chi connectivity index (χ3n) is 3.69. The van der Waals surface area contributed by atoms with Gasteiger partial charge in [0.05, 0.1) is 11.0 Å². The van der Waals surface area contributed by atoms with Crippen molar-refractivity contribution in [3.63, 3.8) is 0 Å². The van der Waals surface area contributed by atoms with Crippen LogP contribution in [0.3, 0.4) is 0 Å². The molecule has 7 heteroatoms. The Morgan fingerprint density at radius 2 is 1.81 bits per heavy atom. The van der Waals surface area contributed by atoms with E-state index in [0.29, 0.717) is 30.9 Å². The van der Waals surface area contributed by atoms with E-state index in [1.165, 1.54) is 0 Å². The normalized spacial score (nSPS) is 21.9. The molecule has 0 bridgehead atoms. The van der Waals surface area contributed by atoms with Crippen LogP contribution in [0.2, 0.25) is 0 Å². The van der Waals surface area contributed by atoms with Crippen molar-refractivity contribution in [2.45, 2.75) is 38.7 Å². The lowest BCUT2D eigenvalue weighted by Gasteiger charge is -2.25. The molecule has 21 heavy (non-hydrogen) atoms. The molecule has 0 heterocycles. The summed E-state index contributed by atoms with van der Waals surface area (Å²) in [6, 6.07) is 0.913. The lowest BCUT2D eigenvalue weighted by atomic mass is 9.89. The summed E-state index contributed by atoms with van der Waals surface area (Å²) in [5, 5.41) is 10.8. The van der Waals surface area contributed by atoms with Crippen molar-refractivity contribution in [1.29, 1.82) is 0 Å². The number of benzene rings is 1. The summed E-state index contributed by atoms with van der Waals surface area (Å²) in [4.78, 5) is 21.9. The summed E-state index contributed by atoms with van der Waals surface area (Å²) in [5.74, 6) is -3.12. The fraction of sp³-hybridized carbons (Fsp3) is 0.500. The van der Waals surface area contributed by atoms with Crippen molar-refractivity contribution in [2.75, 3.05) is 0 Å². The number of ether oxygens (including phenoxy) is 1. The minimum absolute atomic E-state index is 0.332. The van der Waals surface area contributed by atoms with Crippen LogP contribution in [0.4, 0.5) is 14.5 Å². The Hall–Kier alpha value is -2.05. The van der Waals surface area contributed by atoms with Gasteiger partial charge in [-0.15, -0.1) is 0 Å². The molecular formula is C14H15F2NO4. The highest BCUT2D eigenvalue weighted by molar-refractivity contribution is 5.94. The molecule has 0 N–H and O–H groups in total. The van der Waals surface area contributed by atoms with E-state index in [9.17, 15) is 23.7 Å². The molecule has 0 unspecified atom stereocenters. The largest absolute Gasteiger partial charge is 0.459 e. The maximum absolute atomic E-state index is 13.2. The van der Waals surface area contributed by atoms with E-state index in [-0.39, 0.29) is 6.10 Å². The quantitative estimate of drug-likeness (QED) is 0.485. The number of esters is 1. The highest BCUT2D eigenvalue weighted by Gasteiger charge is 2.28. The van der Waals surface area contributed by atoms with Gasteiger partial charge >= 0.3 is 5.97 Å². The molecule has 1 saturated carbocycles. The minimum atomic E-state index is -1.37. The Morgan fingerprint density at radius 1 is 1.24 bits per heavy atom. The number of nitro benzene ring substituents is 1. The Morgan fingerprint density at radius 3 is 2.38 bits per heavy atom. The van der Waals surface area contributed by atoms with E-state index < -0.39 is 33.8 Å². The van der Waals surface area contributed by atoms with Crippen LogP contribution in [0.1, 0.15) is 43.0 Å². The number of carbonyl (C=O) groups is 1. The monoisotopic (exact) mass is 299 g/mol. The summed E-state index contributed by atoms with van der Waals surface area (Å²) in [6.45, 7) is 2.10. The molecule has 1 aromatic carbocycles. The van der Waals surface area contributed by atoms with E-state index in [0.717, 1.165) is 12.8 Å². The first kappa shape index (κ1) is 15.3. The van der Waals surface area contributed by atoms with Crippen LogP contribution in [0.25, 0.3) is 0 Å². The van der Waals surface area contributed by atoms with Crippen molar-refractivity contribution in [3.05, 3.63) is 39.4 Å². The molecule has 2 rings (SSSR count). The number of carbonyl (C=O) groups excluding carboxylic acids is 1. The first-order chi connectivity index (χ1) is 9.88. The molecule has 0 aliphatic heterocycles. The number of halogens is 2. The molecule has 5 nitrogen and oxygen atoms in total. The molecule has 0 atom stereocenters. The van der Waals surface area contributed by atoms with Gasteiger partial charge in [0.25, 0.3) is 5.69 Å². The van der Waals surface area contributed by atoms with Crippen molar-refractivity contribution in [3.8, 4) is 0 Å². The van der Waals surface area contributed by atoms with E-state index in [2.05, 4.69) is 6.92 Å². The van der Waals surface area contributed by atoms with Gasteiger partial charge < -0.3 is 4.74 Å². The number of rotatable bonds is 3. The molecular weight excluding hydrogens is 284 g/mol. The van der Waals surface area contributed by atoms with Gasteiger partial charge in [-0.2, -0.15) is 0 Å². The predicted octanol–water partition coefficient (Wildman–Crippen LogP) is 3.61. The van der Waals surface area contributed by atoms with E-state index >= 15 is 0 Å². The van der Waals surface area contributed by atoms with Gasteiger partial charge in [-0.1, -0.05) is 6.92 Å². The van der Waals surface area contributed by atoms with Crippen molar-refractivity contribution in [2.24, 2.45) is 5.92 Å². The van der Waals surface area contributed by atoms with Gasteiger partial charge in [-0.3, -0.25) is 10.1 Å². The Kier molecular flexibility index (Phi) is 4.50. The second-order valence-electron chi connectivity index (χ2n) is 5.33. The number of nitro groups is 1. The van der Waals surface area contributed by atoms with Gasteiger partial charge in [0.15, 0.2) is 11.6 Å². The SMILES string of the molecule is CC1CCC(OC(=O)c2cc(F)c(F)cc2[N+](=O)[O-])CC1. The van der Waals surface area contributed by atoms with E-state index in [4.69, 9.17) is 4.74 Å². The fourth-order valence-corrected chi connectivity index (χ4v) is 2.41. The van der Waals surface area contributed by atoms with Crippen molar-refractivity contribution in [1.82, 2.24) is 0 Å². The first-order valence-electron chi connectivity index (χ1n) is 6.73. The zero-order valence-electron chi connectivity index (χ0n) is 11.5. The van der Waals surface area contributed by atoms with Crippen LogP contribution in [0.15, 0.2) is 12.1 Å². The zero-order valence-corrected chi connectivity index (χ0v) is 11.5. The lowest BCUT2D eigenvalue weighted by molar-refractivity contribution is -0.385. The topological polar surface area (TPSA) is 69.4 Å². The minimum Gasteiger partial charge on any atom is -0.459 e. The second kappa shape index (κ2) is 6.15. The maximum atomic E-state index is 13.2. The summed E-state index contributed by atoms with van der Waals surface area (Å²) < 4.78 is 31.4. The number of hydrogen-bond acceptors (Lipinski definition) is 4. The Labute approximate surface area is 120 Å². The highest BCUT2D eigenvalue weighted by atomic mass is 19.2. The van der Waals surface area contributed by atoms with Crippen LogP contribution in [0, 0.1) is 27.7 Å². The molecule has 1 aromatic rings. The summed E-state index contributed by atoms with van der Waals surface area (Å²) in [7, 11) is 0. The molecule has 0 amide bonds. The predicted molar refractivity (Wildman–Crippen MR) is 69.8 cm³/mol. The van der Waals surface area contributed by atoms with Crippen molar-refractivity contribution >= 4 is 11.7 Å². The van der Waals surface area contributed by atoms with Crippen molar-refractivity contribution < 1.29 is 23.2 Å². The van der Waals surface area contributed by atoms with Gasteiger partial charge in [-0.05, 0) is 37.7 Å². The standard InChI is InChI=1S/C14H15F2NO4/c1-8-2-4-9(5-3-8)21-14(18)10-6-11(15)12(16)7-13(10)17(19)20/h6-9H,2-5H2,1H3. The summed E-state index contributed by atoms with van der Waals surface area (Å²) in [5.41, 5.74) is -1.35. The van der Waals surface area contributed by atoms with Crippen LogP contribution in [-0.2, 0) is 4.74 Å². The third-order valence-corrected chi connectivity index (χ3v) is 3.69. The number of nitrogens with zero attached hydrogens (tertiary/aromatic N) is 1. The average Bonchev–Trinajstić information content (AvgIpc) is 2.43. The molecule has 0 aromatic heterocycles. The molecule has 1 fully saturated rings. The maximum Gasteiger partial charge on any atom is 0.345 e. The van der Waals surface area contributed by atoms with Gasteiger partial charge in [0.1, 0.15) is 11.7 Å². The molecule has 1 aliphatic rings. The van der Waals surface area contributed by atoms with Gasteiger partial charge in [0, 0.05) is 0 Å². The third kappa shape index (κ3) is 3.53. The van der Waals surface area contributed by atoms with Gasteiger partial charge in [0.2, 0.25) is 0 Å². The molecule has 1 aliphatic carbocycles. The molecule has 114 valence electrons. The first-order valence-corrected chi connectivity index (χ1v) is 6.73. The van der Waals surface area contributed by atoms with Crippen LogP contribution >= 0.6 is 0 Å². The number of hydrogen-bond donors (Lipinski definition) is 0. The van der Waals surface area contributed by atoms with E-state index in [1.807, 2.05) is 0 Å². The smallest absolute Gasteiger partial charge is 0.345 e. The lowest BCUT2D eigenvalue weighted by Crippen LogP contribution is -2.24.